The van der Waals surface area contributed by atoms with Crippen LogP contribution in [-0.4, -0.2) is 46.8 Å². The molecule has 2 aliphatic rings. The van der Waals surface area contributed by atoms with E-state index in [2.05, 4.69) is 26.0 Å². The van der Waals surface area contributed by atoms with Gasteiger partial charge in [-0.3, -0.25) is 10.2 Å². The quantitative estimate of drug-likeness (QED) is 0.317. The molecule has 0 saturated heterocycles. The lowest BCUT2D eigenvalue weighted by molar-refractivity contribution is -0.114. The van der Waals surface area contributed by atoms with Gasteiger partial charge in [-0.05, 0) is 83.9 Å². The highest BCUT2D eigenvalue weighted by Crippen LogP contribution is 2.38. The molecule has 35 heavy (non-hydrogen) atoms. The van der Waals surface area contributed by atoms with Gasteiger partial charge in [-0.2, -0.15) is 15.1 Å². The summed E-state index contributed by atoms with van der Waals surface area (Å²) in [6, 6.07) is 11.4. The van der Waals surface area contributed by atoms with Gasteiger partial charge in [-0.15, -0.1) is 0 Å². The minimum absolute atomic E-state index is 0.00128. The zero-order valence-electron chi connectivity index (χ0n) is 19.6. The SMILES string of the molecule is CCOc1cc(/C=C2\C(=N)N3N=C(CC)SC3=NC2=O)cc(Br)c1OCCOc1ccc(C)cc1. The van der Waals surface area contributed by atoms with Crippen LogP contribution < -0.4 is 14.2 Å². The fraction of sp³-hybridized carbons (Fsp3) is 0.280. The lowest BCUT2D eigenvalue weighted by Crippen LogP contribution is -2.35. The Kier molecular flexibility index (Phi) is 7.92. The number of aryl methyl sites for hydroxylation is 1. The van der Waals surface area contributed by atoms with E-state index in [0.29, 0.717) is 52.9 Å². The number of benzene rings is 2. The van der Waals surface area contributed by atoms with Crippen LogP contribution in [0.1, 0.15) is 31.4 Å². The average molecular weight is 557 g/mol. The molecule has 2 aromatic rings. The molecule has 1 N–H and O–H groups in total. The van der Waals surface area contributed by atoms with E-state index in [0.717, 1.165) is 10.8 Å². The number of amidine groups is 2. The van der Waals surface area contributed by atoms with Crippen molar-refractivity contribution >= 4 is 55.7 Å². The van der Waals surface area contributed by atoms with Crippen LogP contribution in [0.5, 0.6) is 17.2 Å². The monoisotopic (exact) mass is 556 g/mol. The molecule has 0 saturated carbocycles. The van der Waals surface area contributed by atoms with Gasteiger partial charge in [-0.1, -0.05) is 24.6 Å². The number of fused-ring (bicyclic) bond motifs is 1. The number of nitrogens with zero attached hydrogens (tertiary/aromatic N) is 3. The first-order valence-electron chi connectivity index (χ1n) is 11.2. The molecule has 0 spiro atoms. The van der Waals surface area contributed by atoms with E-state index in [1.54, 1.807) is 12.1 Å². The molecule has 0 bridgehead atoms. The molecular formula is C25H25BrN4O4S. The first-order valence-corrected chi connectivity index (χ1v) is 12.8. The van der Waals surface area contributed by atoms with E-state index in [-0.39, 0.29) is 11.4 Å². The summed E-state index contributed by atoms with van der Waals surface area (Å²) in [7, 11) is 0. The van der Waals surface area contributed by atoms with E-state index in [4.69, 9.17) is 19.6 Å². The molecule has 0 unspecified atom stereocenters. The Labute approximate surface area is 216 Å². The van der Waals surface area contributed by atoms with Crippen LogP contribution in [0.2, 0.25) is 0 Å². The van der Waals surface area contributed by atoms with Gasteiger partial charge in [0.15, 0.2) is 17.3 Å². The van der Waals surface area contributed by atoms with Crippen LogP contribution in [0.15, 0.2) is 56.5 Å². The fourth-order valence-corrected chi connectivity index (χ4v) is 4.75. The lowest BCUT2D eigenvalue weighted by atomic mass is 10.1. The minimum atomic E-state index is -0.469. The molecular weight excluding hydrogens is 532 g/mol. The highest BCUT2D eigenvalue weighted by Gasteiger charge is 2.35. The second-order valence-electron chi connectivity index (χ2n) is 7.64. The summed E-state index contributed by atoms with van der Waals surface area (Å²) in [4.78, 5) is 16.8. The van der Waals surface area contributed by atoms with E-state index < -0.39 is 5.91 Å². The normalized spacial score (nSPS) is 16.2. The number of ether oxygens (including phenoxy) is 3. The van der Waals surface area contributed by atoms with E-state index in [1.165, 1.54) is 22.3 Å². The molecule has 0 fully saturated rings. The molecule has 4 rings (SSSR count). The summed E-state index contributed by atoms with van der Waals surface area (Å²) < 4.78 is 18.2. The van der Waals surface area contributed by atoms with Crippen molar-refractivity contribution < 1.29 is 19.0 Å². The van der Waals surface area contributed by atoms with Gasteiger partial charge in [0.1, 0.15) is 24.0 Å². The zero-order chi connectivity index (χ0) is 24.9. The fourth-order valence-electron chi connectivity index (χ4n) is 3.35. The van der Waals surface area contributed by atoms with Crippen molar-refractivity contribution in [3.8, 4) is 17.2 Å². The Bertz CT molecular complexity index is 1240. The van der Waals surface area contributed by atoms with E-state index in [1.807, 2.05) is 51.1 Å². The minimum Gasteiger partial charge on any atom is -0.490 e. The maximum absolute atomic E-state index is 12.7. The van der Waals surface area contributed by atoms with E-state index in [9.17, 15) is 4.79 Å². The van der Waals surface area contributed by atoms with Crippen molar-refractivity contribution in [3.05, 3.63) is 57.6 Å². The molecule has 2 aromatic carbocycles. The standard InChI is InChI=1S/C25H25BrN4O4S/c1-4-21-29-30-23(27)18(24(31)28-25(30)35-21)12-16-13-19(26)22(20(14-16)32-5-2)34-11-10-33-17-8-6-15(3)7-9-17/h6-9,12-14,27H,4-5,10-11H2,1-3H3/b18-12+,27-23?. The number of nitrogens with one attached hydrogen (secondary N) is 1. The smallest absolute Gasteiger partial charge is 0.283 e. The van der Waals surface area contributed by atoms with Crippen LogP contribution in [0, 0.1) is 12.3 Å². The van der Waals surface area contributed by atoms with Crippen molar-refractivity contribution in [2.24, 2.45) is 10.1 Å². The second kappa shape index (κ2) is 11.1. The maximum Gasteiger partial charge on any atom is 0.283 e. The summed E-state index contributed by atoms with van der Waals surface area (Å²) >= 11 is 4.87. The average Bonchev–Trinajstić information content (AvgIpc) is 3.25. The highest BCUT2D eigenvalue weighted by atomic mass is 79.9. The van der Waals surface area contributed by atoms with Gasteiger partial charge in [0.05, 0.1) is 16.7 Å². The molecule has 2 aliphatic heterocycles. The zero-order valence-corrected chi connectivity index (χ0v) is 22.0. The van der Waals surface area contributed by atoms with Crippen LogP contribution in [0.3, 0.4) is 0 Å². The summed E-state index contributed by atoms with van der Waals surface area (Å²) in [5, 5.41) is 15.5. The Morgan fingerprint density at radius 1 is 1.11 bits per heavy atom. The molecule has 2 heterocycles. The number of carbonyl (C=O) groups is 1. The van der Waals surface area contributed by atoms with Crippen LogP contribution >= 0.6 is 27.7 Å². The number of hydrogen-bond acceptors (Lipinski definition) is 7. The summed E-state index contributed by atoms with van der Waals surface area (Å²) in [5.41, 5.74) is 2.00. The molecule has 0 atom stereocenters. The number of carbonyl (C=O) groups excluding carboxylic acids is 1. The molecule has 182 valence electrons. The molecule has 10 heteroatoms. The summed E-state index contributed by atoms with van der Waals surface area (Å²) in [6.45, 7) is 7.00. The number of rotatable bonds is 9. The largest absolute Gasteiger partial charge is 0.490 e. The Hall–Kier alpha value is -3.11. The Balaban J connectivity index is 1.51. The highest BCUT2D eigenvalue weighted by molar-refractivity contribution is 9.10. The molecule has 0 aliphatic carbocycles. The topological polar surface area (TPSA) is 96.6 Å². The molecule has 1 amide bonds. The molecule has 0 aromatic heterocycles. The predicted molar refractivity (Wildman–Crippen MR) is 143 cm³/mol. The summed E-state index contributed by atoms with van der Waals surface area (Å²) in [6.07, 6.45) is 2.33. The second-order valence-corrected chi connectivity index (χ2v) is 9.54. The van der Waals surface area contributed by atoms with Gasteiger partial charge >= 0.3 is 0 Å². The number of halogens is 1. The van der Waals surface area contributed by atoms with E-state index >= 15 is 0 Å². The third kappa shape index (κ3) is 5.76. The number of thioether (sulfide) groups is 1. The van der Waals surface area contributed by atoms with Crippen molar-refractivity contribution in [1.82, 2.24) is 5.01 Å². The first kappa shape index (κ1) is 25.0. The number of hydrazone groups is 1. The van der Waals surface area contributed by atoms with Crippen molar-refractivity contribution in [2.45, 2.75) is 27.2 Å². The third-order valence-corrected chi connectivity index (χ3v) is 6.70. The van der Waals surface area contributed by atoms with Gasteiger partial charge in [0.2, 0.25) is 5.17 Å². The number of aliphatic imine (C=N–C) groups is 1. The predicted octanol–water partition coefficient (Wildman–Crippen LogP) is 5.64. The Morgan fingerprint density at radius 2 is 1.86 bits per heavy atom. The van der Waals surface area contributed by atoms with Crippen molar-refractivity contribution in [1.29, 1.82) is 5.41 Å². The van der Waals surface area contributed by atoms with Gasteiger partial charge in [0, 0.05) is 0 Å². The molecule has 0 radical (unpaired) electrons. The third-order valence-electron chi connectivity index (χ3n) is 5.06. The van der Waals surface area contributed by atoms with Gasteiger partial charge in [-0.25, -0.2) is 0 Å². The summed E-state index contributed by atoms with van der Waals surface area (Å²) in [5.74, 6) is 1.37. The van der Waals surface area contributed by atoms with Crippen molar-refractivity contribution in [2.75, 3.05) is 19.8 Å². The van der Waals surface area contributed by atoms with Crippen LogP contribution in [-0.2, 0) is 4.79 Å². The first-order chi connectivity index (χ1) is 16.9. The molecule has 8 nitrogen and oxygen atoms in total. The van der Waals surface area contributed by atoms with Gasteiger partial charge < -0.3 is 14.2 Å². The van der Waals surface area contributed by atoms with Crippen LogP contribution in [0.25, 0.3) is 6.08 Å². The van der Waals surface area contributed by atoms with Gasteiger partial charge in [0.25, 0.3) is 5.91 Å². The van der Waals surface area contributed by atoms with Crippen LogP contribution in [0.4, 0.5) is 0 Å². The maximum atomic E-state index is 12.7. The Morgan fingerprint density at radius 3 is 2.57 bits per heavy atom. The number of hydrogen-bond donors (Lipinski definition) is 1. The van der Waals surface area contributed by atoms with Crippen molar-refractivity contribution in [3.63, 3.8) is 0 Å². The number of amides is 1. The lowest BCUT2D eigenvalue weighted by Gasteiger charge is -2.20.